The van der Waals surface area contributed by atoms with Crippen LogP contribution in [0.2, 0.25) is 0 Å². The third-order valence-electron chi connectivity index (χ3n) is 3.57. The van der Waals surface area contributed by atoms with Gasteiger partial charge < -0.3 is 19.8 Å². The quantitative estimate of drug-likeness (QED) is 0.885. The molecule has 1 unspecified atom stereocenters. The molecule has 0 saturated carbocycles. The predicted molar refractivity (Wildman–Crippen MR) is 84.3 cm³/mol. The lowest BCUT2D eigenvalue weighted by Gasteiger charge is -2.25. The molecule has 1 aliphatic heterocycles. The molecule has 2 aromatic rings. The first-order valence-corrected chi connectivity index (χ1v) is 7.50. The number of furan rings is 1. The van der Waals surface area contributed by atoms with Crippen LogP contribution in [0.15, 0.2) is 40.8 Å². The fraction of sp³-hybridized carbons (Fsp3) is 0.294. The van der Waals surface area contributed by atoms with Crippen LogP contribution in [-0.4, -0.2) is 24.5 Å². The summed E-state index contributed by atoms with van der Waals surface area (Å²) in [6.45, 7) is 2.33. The number of carbonyl (C=O) groups is 2. The second kappa shape index (κ2) is 6.56. The number of para-hydroxylation sites is 2. The molecule has 120 valence electrons. The van der Waals surface area contributed by atoms with Crippen LogP contribution in [-0.2, 0) is 16.0 Å². The molecule has 2 amide bonds. The van der Waals surface area contributed by atoms with Gasteiger partial charge in [-0.2, -0.15) is 0 Å². The monoisotopic (exact) mass is 314 g/mol. The van der Waals surface area contributed by atoms with Crippen molar-refractivity contribution in [2.45, 2.75) is 25.9 Å². The van der Waals surface area contributed by atoms with E-state index in [1.54, 1.807) is 12.1 Å². The summed E-state index contributed by atoms with van der Waals surface area (Å²) in [4.78, 5) is 23.9. The highest BCUT2D eigenvalue weighted by Crippen LogP contribution is 2.29. The van der Waals surface area contributed by atoms with Gasteiger partial charge in [0.05, 0.1) is 12.1 Å². The largest absolute Gasteiger partial charge is 0.478 e. The lowest BCUT2D eigenvalue weighted by Crippen LogP contribution is -2.41. The van der Waals surface area contributed by atoms with Crippen molar-refractivity contribution in [2.24, 2.45) is 0 Å². The zero-order chi connectivity index (χ0) is 16.2. The molecule has 1 aliphatic rings. The van der Waals surface area contributed by atoms with Crippen molar-refractivity contribution >= 4 is 17.5 Å². The van der Waals surface area contributed by atoms with E-state index in [1.807, 2.05) is 31.2 Å². The Morgan fingerprint density at radius 3 is 2.87 bits per heavy atom. The Morgan fingerprint density at radius 1 is 1.26 bits per heavy atom. The molecule has 0 saturated heterocycles. The zero-order valence-electron chi connectivity index (χ0n) is 12.8. The van der Waals surface area contributed by atoms with E-state index in [0.29, 0.717) is 24.4 Å². The molecule has 23 heavy (non-hydrogen) atoms. The smallest absolute Gasteiger partial charge is 0.266 e. The Morgan fingerprint density at radius 2 is 2.09 bits per heavy atom. The van der Waals surface area contributed by atoms with Gasteiger partial charge in [0, 0.05) is 13.0 Å². The topological polar surface area (TPSA) is 80.6 Å². The van der Waals surface area contributed by atoms with Gasteiger partial charge >= 0.3 is 0 Å². The molecular formula is C17H18N2O4. The van der Waals surface area contributed by atoms with Crippen LogP contribution in [0.4, 0.5) is 5.69 Å². The Bertz CT molecular complexity index is 723. The van der Waals surface area contributed by atoms with Crippen LogP contribution in [0, 0.1) is 6.92 Å². The van der Waals surface area contributed by atoms with Gasteiger partial charge in [0.15, 0.2) is 6.10 Å². The van der Waals surface area contributed by atoms with Crippen molar-refractivity contribution in [2.75, 3.05) is 11.9 Å². The Hall–Kier alpha value is -2.76. The van der Waals surface area contributed by atoms with Crippen molar-refractivity contribution in [1.29, 1.82) is 0 Å². The van der Waals surface area contributed by atoms with Gasteiger partial charge in [-0.1, -0.05) is 12.1 Å². The first kappa shape index (κ1) is 15.1. The average Bonchev–Trinajstić information content (AvgIpc) is 2.93. The van der Waals surface area contributed by atoms with Gasteiger partial charge in [0.1, 0.15) is 17.3 Å². The maximum atomic E-state index is 12.0. The highest BCUT2D eigenvalue weighted by Gasteiger charge is 2.29. The number of fused-ring (bicyclic) bond motifs is 1. The minimum Gasteiger partial charge on any atom is -0.478 e. The number of anilines is 1. The number of amides is 2. The van der Waals surface area contributed by atoms with Crippen molar-refractivity contribution < 1.29 is 18.7 Å². The van der Waals surface area contributed by atoms with E-state index >= 15 is 0 Å². The summed E-state index contributed by atoms with van der Waals surface area (Å²) in [7, 11) is 0. The van der Waals surface area contributed by atoms with E-state index in [-0.39, 0.29) is 18.2 Å². The summed E-state index contributed by atoms with van der Waals surface area (Å²) < 4.78 is 11.0. The molecule has 2 heterocycles. The van der Waals surface area contributed by atoms with Crippen LogP contribution < -0.4 is 15.4 Å². The van der Waals surface area contributed by atoms with Crippen molar-refractivity contribution in [3.05, 3.63) is 47.9 Å². The highest BCUT2D eigenvalue weighted by molar-refractivity contribution is 5.99. The number of aryl methyl sites for hydroxylation is 1. The molecule has 2 N–H and O–H groups in total. The molecular weight excluding hydrogens is 296 g/mol. The normalized spacial score (nSPS) is 16.2. The number of ether oxygens (including phenoxy) is 1. The van der Waals surface area contributed by atoms with Crippen LogP contribution in [0.25, 0.3) is 0 Å². The van der Waals surface area contributed by atoms with E-state index in [4.69, 9.17) is 9.15 Å². The number of carbonyl (C=O) groups excluding carboxylic acids is 2. The van der Waals surface area contributed by atoms with Gasteiger partial charge in [0.25, 0.3) is 5.91 Å². The number of hydrogen-bond donors (Lipinski definition) is 2. The van der Waals surface area contributed by atoms with Gasteiger partial charge in [-0.25, -0.2) is 0 Å². The van der Waals surface area contributed by atoms with Crippen LogP contribution >= 0.6 is 0 Å². The fourth-order valence-corrected chi connectivity index (χ4v) is 2.41. The lowest BCUT2D eigenvalue weighted by atomic mass is 10.1. The molecule has 6 nitrogen and oxygen atoms in total. The summed E-state index contributed by atoms with van der Waals surface area (Å²) in [5, 5.41) is 5.51. The molecule has 0 radical (unpaired) electrons. The SMILES string of the molecule is Cc1ccc(CCNC(=O)CC2Oc3ccccc3NC2=O)o1. The minimum atomic E-state index is -0.809. The van der Waals surface area contributed by atoms with E-state index < -0.39 is 6.10 Å². The molecule has 0 spiro atoms. The predicted octanol–water partition coefficient (Wildman–Crippen LogP) is 2.04. The van der Waals surface area contributed by atoms with Gasteiger partial charge in [-0.3, -0.25) is 9.59 Å². The first-order valence-electron chi connectivity index (χ1n) is 7.50. The first-order chi connectivity index (χ1) is 11.1. The maximum Gasteiger partial charge on any atom is 0.266 e. The van der Waals surface area contributed by atoms with Crippen molar-refractivity contribution in [1.82, 2.24) is 5.32 Å². The number of benzene rings is 1. The van der Waals surface area contributed by atoms with Crippen molar-refractivity contribution in [3.8, 4) is 5.75 Å². The number of nitrogens with one attached hydrogen (secondary N) is 2. The zero-order valence-corrected chi connectivity index (χ0v) is 12.8. The fourth-order valence-electron chi connectivity index (χ4n) is 2.41. The Labute approximate surface area is 133 Å². The lowest BCUT2D eigenvalue weighted by molar-refractivity contribution is -0.130. The molecule has 3 rings (SSSR count). The minimum absolute atomic E-state index is 0.0165. The summed E-state index contributed by atoms with van der Waals surface area (Å²) >= 11 is 0. The highest BCUT2D eigenvalue weighted by atomic mass is 16.5. The summed E-state index contributed by atoms with van der Waals surface area (Å²) in [6, 6.07) is 10.9. The second-order valence-corrected chi connectivity index (χ2v) is 5.41. The summed E-state index contributed by atoms with van der Waals surface area (Å²) in [6.07, 6.45) is -0.215. The Balaban J connectivity index is 1.49. The van der Waals surface area contributed by atoms with Gasteiger partial charge in [-0.05, 0) is 31.2 Å². The van der Waals surface area contributed by atoms with Gasteiger partial charge in [-0.15, -0.1) is 0 Å². The summed E-state index contributed by atoms with van der Waals surface area (Å²) in [5.41, 5.74) is 0.627. The van der Waals surface area contributed by atoms with E-state index in [9.17, 15) is 9.59 Å². The second-order valence-electron chi connectivity index (χ2n) is 5.41. The molecule has 1 atom stereocenters. The molecule has 1 aromatic carbocycles. The standard InChI is InChI=1S/C17H18N2O4/c1-11-6-7-12(22-11)8-9-18-16(20)10-15-17(21)19-13-4-2-3-5-14(13)23-15/h2-7,15H,8-10H2,1H3,(H,18,20)(H,19,21). The number of hydrogen-bond acceptors (Lipinski definition) is 4. The molecule has 0 aliphatic carbocycles. The molecule has 1 aromatic heterocycles. The maximum absolute atomic E-state index is 12.0. The van der Waals surface area contributed by atoms with E-state index in [0.717, 1.165) is 11.5 Å². The number of rotatable bonds is 5. The van der Waals surface area contributed by atoms with Crippen LogP contribution in [0.1, 0.15) is 17.9 Å². The third-order valence-corrected chi connectivity index (χ3v) is 3.57. The van der Waals surface area contributed by atoms with Gasteiger partial charge in [0.2, 0.25) is 5.91 Å². The average molecular weight is 314 g/mol. The van der Waals surface area contributed by atoms with Crippen molar-refractivity contribution in [3.63, 3.8) is 0 Å². The van der Waals surface area contributed by atoms with Crippen LogP contribution in [0.3, 0.4) is 0 Å². The Kier molecular flexibility index (Phi) is 4.32. The molecule has 0 fully saturated rings. The third kappa shape index (κ3) is 3.71. The van der Waals surface area contributed by atoms with E-state index in [2.05, 4.69) is 10.6 Å². The van der Waals surface area contributed by atoms with E-state index in [1.165, 1.54) is 0 Å². The molecule has 6 heteroatoms. The summed E-state index contributed by atoms with van der Waals surface area (Å²) in [5.74, 6) is 1.71. The molecule has 0 bridgehead atoms. The van der Waals surface area contributed by atoms with Crippen LogP contribution in [0.5, 0.6) is 5.75 Å².